The average molecular weight is 341 g/mol. The molecular weight excluding hydrogens is 319 g/mol. The summed E-state index contributed by atoms with van der Waals surface area (Å²) in [5.41, 5.74) is -0.303. The Kier molecular flexibility index (Phi) is 4.53. The van der Waals surface area contributed by atoms with Gasteiger partial charge >= 0.3 is 6.18 Å². The summed E-state index contributed by atoms with van der Waals surface area (Å²) in [6.07, 6.45) is -1.39. The summed E-state index contributed by atoms with van der Waals surface area (Å²) in [5.74, 6) is 0.183. The van der Waals surface area contributed by atoms with Gasteiger partial charge in [0.15, 0.2) is 5.69 Å². The van der Waals surface area contributed by atoms with Crippen molar-refractivity contribution in [3.63, 3.8) is 0 Å². The van der Waals surface area contributed by atoms with E-state index in [9.17, 15) is 18.0 Å². The number of nitrogens with zero attached hydrogens (tertiary/aromatic N) is 3. The average Bonchev–Trinajstić information content (AvgIpc) is 2.52. The maximum Gasteiger partial charge on any atom is 0.433 e. The predicted octanol–water partition coefficient (Wildman–Crippen LogP) is 3.17. The van der Waals surface area contributed by atoms with Gasteiger partial charge in [0.2, 0.25) is 5.91 Å². The molecule has 1 amide bonds. The van der Waals surface area contributed by atoms with Gasteiger partial charge in [-0.25, -0.2) is 9.97 Å². The first-order valence-corrected chi connectivity index (χ1v) is 8.48. The summed E-state index contributed by atoms with van der Waals surface area (Å²) in [6.45, 7) is 5.00. The zero-order valence-electron chi connectivity index (χ0n) is 14.0. The zero-order chi connectivity index (χ0) is 17.5. The lowest BCUT2D eigenvalue weighted by molar-refractivity contribution is -0.143. The minimum atomic E-state index is -4.51. The molecule has 7 heteroatoms. The van der Waals surface area contributed by atoms with Gasteiger partial charge in [-0.15, -0.1) is 0 Å². The molecule has 132 valence electrons. The van der Waals surface area contributed by atoms with E-state index in [0.717, 1.165) is 12.8 Å². The largest absolute Gasteiger partial charge is 0.433 e. The Morgan fingerprint density at radius 2 is 2.00 bits per heavy atom. The fourth-order valence-corrected chi connectivity index (χ4v) is 3.83. The molecule has 1 saturated heterocycles. The number of hydrogen-bond donors (Lipinski definition) is 0. The van der Waals surface area contributed by atoms with Crippen molar-refractivity contribution in [3.8, 4) is 0 Å². The predicted molar refractivity (Wildman–Crippen MR) is 82.3 cm³/mol. The third kappa shape index (κ3) is 3.39. The molecule has 2 aliphatic rings. The topological polar surface area (TPSA) is 46.1 Å². The first kappa shape index (κ1) is 17.2. The van der Waals surface area contributed by atoms with Crippen LogP contribution in [0.4, 0.5) is 13.2 Å². The maximum atomic E-state index is 13.3. The van der Waals surface area contributed by atoms with Crippen LogP contribution in [0.15, 0.2) is 0 Å². The van der Waals surface area contributed by atoms with Crippen molar-refractivity contribution in [2.75, 3.05) is 13.1 Å². The van der Waals surface area contributed by atoms with Crippen LogP contribution in [-0.4, -0.2) is 33.9 Å². The van der Waals surface area contributed by atoms with Crippen molar-refractivity contribution in [3.05, 3.63) is 22.8 Å². The Labute approximate surface area is 139 Å². The number of carbonyl (C=O) groups excluding carboxylic acids is 1. The van der Waals surface area contributed by atoms with Crippen molar-refractivity contribution in [1.29, 1.82) is 0 Å². The maximum absolute atomic E-state index is 13.3. The van der Waals surface area contributed by atoms with Crippen LogP contribution in [0.5, 0.6) is 0 Å². The van der Waals surface area contributed by atoms with E-state index >= 15 is 0 Å². The summed E-state index contributed by atoms with van der Waals surface area (Å²) in [7, 11) is 0. The first-order valence-electron chi connectivity index (χ1n) is 8.48. The third-order valence-electron chi connectivity index (χ3n) is 4.97. The van der Waals surface area contributed by atoms with Gasteiger partial charge < -0.3 is 4.90 Å². The Morgan fingerprint density at radius 1 is 1.25 bits per heavy atom. The molecule has 2 atom stereocenters. The summed E-state index contributed by atoms with van der Waals surface area (Å²) in [5, 5.41) is 0. The van der Waals surface area contributed by atoms with Crippen molar-refractivity contribution in [2.45, 2.75) is 52.1 Å². The molecule has 3 rings (SSSR count). The Balaban J connectivity index is 1.84. The molecule has 0 radical (unpaired) electrons. The van der Waals surface area contributed by atoms with Crippen LogP contribution < -0.4 is 0 Å². The summed E-state index contributed by atoms with van der Waals surface area (Å²) in [6, 6.07) is 0. The van der Waals surface area contributed by atoms with Gasteiger partial charge in [-0.2, -0.15) is 13.2 Å². The lowest BCUT2D eigenvalue weighted by atomic mass is 9.84. The molecule has 1 aliphatic heterocycles. The van der Waals surface area contributed by atoms with Crippen LogP contribution in [0.3, 0.4) is 0 Å². The first-order chi connectivity index (χ1) is 11.3. The normalized spacial score (nSPS) is 24.6. The third-order valence-corrected chi connectivity index (χ3v) is 4.97. The molecule has 1 fully saturated rings. The highest BCUT2D eigenvalue weighted by Gasteiger charge is 2.40. The number of halogens is 3. The summed E-state index contributed by atoms with van der Waals surface area (Å²) in [4.78, 5) is 22.4. The number of carbonyl (C=O) groups is 1. The molecule has 0 aromatic carbocycles. The molecule has 24 heavy (non-hydrogen) atoms. The smallest absolute Gasteiger partial charge is 0.342 e. The SMILES string of the molecule is Cc1nc2c(c(C(F)(F)F)n1)C[C@@H](C(=O)N1CCC[C@H](C)C1)CC2. The van der Waals surface area contributed by atoms with Gasteiger partial charge in [0, 0.05) is 30.3 Å². The van der Waals surface area contributed by atoms with Crippen LogP contribution in [0, 0.1) is 18.8 Å². The highest BCUT2D eigenvalue weighted by molar-refractivity contribution is 5.79. The number of piperidine rings is 1. The van der Waals surface area contributed by atoms with Crippen LogP contribution in [0.25, 0.3) is 0 Å². The van der Waals surface area contributed by atoms with E-state index in [-0.39, 0.29) is 23.7 Å². The lowest BCUT2D eigenvalue weighted by Crippen LogP contribution is -2.44. The fourth-order valence-electron chi connectivity index (χ4n) is 3.83. The van der Waals surface area contributed by atoms with E-state index in [0.29, 0.717) is 37.5 Å². The van der Waals surface area contributed by atoms with Crippen molar-refractivity contribution in [2.24, 2.45) is 11.8 Å². The second kappa shape index (κ2) is 6.33. The molecule has 0 saturated carbocycles. The molecule has 2 heterocycles. The quantitative estimate of drug-likeness (QED) is 0.788. The monoisotopic (exact) mass is 341 g/mol. The standard InChI is InChI=1S/C17H22F3N3O/c1-10-4-3-7-23(9-10)16(24)12-5-6-14-13(8-12)15(17(18,19)20)22-11(2)21-14/h10,12H,3-9H2,1-2H3/t10-,12-/m0/s1. The summed E-state index contributed by atoms with van der Waals surface area (Å²) >= 11 is 0. The van der Waals surface area contributed by atoms with Gasteiger partial charge in [-0.1, -0.05) is 6.92 Å². The number of aryl methyl sites for hydroxylation is 2. The zero-order valence-corrected chi connectivity index (χ0v) is 14.0. The van der Waals surface area contributed by atoms with Crippen LogP contribution in [0.2, 0.25) is 0 Å². The number of likely N-dealkylation sites (tertiary alicyclic amines) is 1. The van der Waals surface area contributed by atoms with Crippen LogP contribution in [-0.2, 0) is 23.8 Å². The molecule has 0 unspecified atom stereocenters. The number of rotatable bonds is 1. The molecule has 0 N–H and O–H groups in total. The second-order valence-corrected chi connectivity index (χ2v) is 7.01. The number of amides is 1. The van der Waals surface area contributed by atoms with E-state index < -0.39 is 17.8 Å². The second-order valence-electron chi connectivity index (χ2n) is 7.01. The molecule has 0 bridgehead atoms. The van der Waals surface area contributed by atoms with E-state index in [2.05, 4.69) is 16.9 Å². The number of fused-ring (bicyclic) bond motifs is 1. The highest BCUT2D eigenvalue weighted by atomic mass is 19.4. The van der Waals surface area contributed by atoms with Gasteiger partial charge in [-0.3, -0.25) is 4.79 Å². The van der Waals surface area contributed by atoms with E-state index in [1.165, 1.54) is 6.92 Å². The molecule has 1 aromatic rings. The Bertz CT molecular complexity index is 645. The number of alkyl halides is 3. The minimum Gasteiger partial charge on any atom is -0.342 e. The molecule has 1 aliphatic carbocycles. The van der Waals surface area contributed by atoms with Gasteiger partial charge in [0.25, 0.3) is 0 Å². The number of aromatic nitrogens is 2. The van der Waals surface area contributed by atoms with E-state index in [4.69, 9.17) is 0 Å². The van der Waals surface area contributed by atoms with E-state index in [1.54, 1.807) is 0 Å². The Hall–Kier alpha value is -1.66. The molecule has 0 spiro atoms. The molecule has 1 aromatic heterocycles. The van der Waals surface area contributed by atoms with Crippen molar-refractivity contribution < 1.29 is 18.0 Å². The van der Waals surface area contributed by atoms with Gasteiger partial charge in [-0.05, 0) is 44.9 Å². The Morgan fingerprint density at radius 3 is 2.67 bits per heavy atom. The highest BCUT2D eigenvalue weighted by Crippen LogP contribution is 2.36. The van der Waals surface area contributed by atoms with Gasteiger partial charge in [0.1, 0.15) is 5.82 Å². The van der Waals surface area contributed by atoms with E-state index in [1.807, 2.05) is 4.90 Å². The summed E-state index contributed by atoms with van der Waals surface area (Å²) < 4.78 is 39.9. The van der Waals surface area contributed by atoms with Crippen LogP contribution >= 0.6 is 0 Å². The number of hydrogen-bond acceptors (Lipinski definition) is 3. The van der Waals surface area contributed by atoms with Crippen molar-refractivity contribution >= 4 is 5.91 Å². The fraction of sp³-hybridized carbons (Fsp3) is 0.706. The van der Waals surface area contributed by atoms with Gasteiger partial charge in [0.05, 0.1) is 0 Å². The molecular formula is C17H22F3N3O. The van der Waals surface area contributed by atoms with Crippen molar-refractivity contribution in [1.82, 2.24) is 14.9 Å². The minimum absolute atomic E-state index is 0.0131. The lowest BCUT2D eigenvalue weighted by Gasteiger charge is -2.35. The molecule has 4 nitrogen and oxygen atoms in total. The van der Waals surface area contributed by atoms with Crippen LogP contribution in [0.1, 0.15) is 49.0 Å².